The van der Waals surface area contributed by atoms with Crippen LogP contribution in [0.3, 0.4) is 0 Å². The van der Waals surface area contributed by atoms with E-state index in [-0.39, 0.29) is 23.2 Å². The molecule has 0 aromatic rings. The van der Waals surface area contributed by atoms with Crippen molar-refractivity contribution in [1.82, 2.24) is 10.6 Å². The Morgan fingerprint density at radius 1 is 1.07 bits per heavy atom. The van der Waals surface area contributed by atoms with Gasteiger partial charge >= 0.3 is 5.97 Å². The van der Waals surface area contributed by atoms with E-state index < -0.39 is 35.5 Å². The summed E-state index contributed by atoms with van der Waals surface area (Å²) in [5.41, 5.74) is 0.661. The van der Waals surface area contributed by atoms with Crippen LogP contribution in [0.1, 0.15) is 98.8 Å². The lowest BCUT2D eigenvalue weighted by atomic mass is 9.46. The second-order valence-corrected chi connectivity index (χ2v) is 13.2. The lowest BCUT2D eigenvalue weighted by molar-refractivity contribution is -0.159. The average Bonchev–Trinajstić information content (AvgIpc) is 3.20. The van der Waals surface area contributed by atoms with Gasteiger partial charge in [-0.1, -0.05) is 37.9 Å². The first-order valence-corrected chi connectivity index (χ1v) is 15.2. The molecule has 41 heavy (non-hydrogen) atoms. The first kappa shape index (κ1) is 31.2. The van der Waals surface area contributed by atoms with E-state index in [2.05, 4.69) is 35.7 Å². The highest BCUT2D eigenvalue weighted by molar-refractivity contribution is 5.96. The van der Waals surface area contributed by atoms with E-state index in [0.717, 1.165) is 50.7 Å². The molecule has 2 amide bonds. The summed E-state index contributed by atoms with van der Waals surface area (Å²) in [6, 6.07) is -1.90. The third-order valence-electron chi connectivity index (χ3n) is 11.1. The fraction of sp³-hybridized carbons (Fsp3) is 0.774. The number of allylic oxidation sites excluding steroid dienone is 2. The van der Waals surface area contributed by atoms with E-state index in [0.29, 0.717) is 37.0 Å². The Morgan fingerprint density at radius 2 is 1.78 bits per heavy atom. The molecule has 0 aromatic heterocycles. The third-order valence-corrected chi connectivity index (χ3v) is 11.1. The number of carbonyl (C=O) groups excluding carboxylic acids is 3. The van der Waals surface area contributed by atoms with Gasteiger partial charge in [-0.15, -0.1) is 0 Å². The van der Waals surface area contributed by atoms with Crippen molar-refractivity contribution >= 4 is 29.3 Å². The number of oxime groups is 1. The second-order valence-electron chi connectivity index (χ2n) is 13.2. The fourth-order valence-electron chi connectivity index (χ4n) is 8.60. The molecule has 0 heterocycles. The van der Waals surface area contributed by atoms with Gasteiger partial charge in [0.2, 0.25) is 5.91 Å². The molecule has 228 valence electrons. The van der Waals surface area contributed by atoms with Crippen LogP contribution < -0.4 is 10.6 Å². The van der Waals surface area contributed by atoms with Gasteiger partial charge in [0.1, 0.15) is 17.7 Å². The Labute approximate surface area is 242 Å². The zero-order valence-corrected chi connectivity index (χ0v) is 25.1. The number of carboxylic acids is 1. The number of rotatable bonds is 10. The van der Waals surface area contributed by atoms with Crippen LogP contribution in [0.4, 0.5) is 0 Å². The van der Waals surface area contributed by atoms with E-state index in [1.54, 1.807) is 6.92 Å². The van der Waals surface area contributed by atoms with Gasteiger partial charge in [-0.2, -0.15) is 0 Å². The number of Topliss-reactive ketones (excluding diaryl/α,β-unsaturated/α-hetero) is 1. The first-order valence-electron chi connectivity index (χ1n) is 15.2. The van der Waals surface area contributed by atoms with E-state index in [4.69, 9.17) is 4.84 Å². The van der Waals surface area contributed by atoms with Crippen LogP contribution in [0.5, 0.6) is 0 Å². The van der Waals surface area contributed by atoms with Gasteiger partial charge < -0.3 is 25.7 Å². The number of hydrogen-bond donors (Lipinski definition) is 4. The topological polar surface area (TPSA) is 154 Å². The van der Waals surface area contributed by atoms with Crippen molar-refractivity contribution in [3.63, 3.8) is 0 Å². The van der Waals surface area contributed by atoms with Crippen molar-refractivity contribution in [2.24, 2.45) is 33.7 Å². The number of hydrogen-bond acceptors (Lipinski definition) is 7. The van der Waals surface area contributed by atoms with E-state index in [1.807, 2.05) is 6.92 Å². The molecule has 0 bridgehead atoms. The summed E-state index contributed by atoms with van der Waals surface area (Å²) in [6.45, 7) is 9.02. The maximum atomic E-state index is 12.5. The number of ketones is 1. The molecular formula is C31H47N3O7. The molecule has 0 saturated heterocycles. The minimum absolute atomic E-state index is 0.0476. The molecule has 10 heteroatoms. The third kappa shape index (κ3) is 5.68. The quantitative estimate of drug-likeness (QED) is 0.292. The van der Waals surface area contributed by atoms with Crippen molar-refractivity contribution in [3.05, 3.63) is 11.6 Å². The van der Waals surface area contributed by atoms with Crippen LogP contribution in [0.15, 0.2) is 16.8 Å². The molecule has 0 aliphatic heterocycles. The van der Waals surface area contributed by atoms with E-state index in [1.165, 1.54) is 12.5 Å². The van der Waals surface area contributed by atoms with Crippen LogP contribution in [-0.4, -0.2) is 63.8 Å². The molecule has 4 aliphatic rings. The Bertz CT molecular complexity index is 1130. The van der Waals surface area contributed by atoms with Gasteiger partial charge in [-0.25, -0.2) is 4.79 Å². The van der Waals surface area contributed by atoms with Crippen LogP contribution in [0.2, 0.25) is 0 Å². The van der Waals surface area contributed by atoms with E-state index >= 15 is 0 Å². The van der Waals surface area contributed by atoms with Gasteiger partial charge in [-0.05, 0) is 101 Å². The van der Waals surface area contributed by atoms with Crippen molar-refractivity contribution < 1.29 is 34.2 Å². The number of fused-ring (bicyclic) bond motifs is 5. The number of aliphatic hydroxyl groups is 1. The molecular weight excluding hydrogens is 526 g/mol. The molecule has 0 unspecified atom stereocenters. The maximum Gasteiger partial charge on any atom is 0.326 e. The smallest absolute Gasteiger partial charge is 0.326 e. The number of carbonyl (C=O) groups is 4. The number of nitrogens with zero attached hydrogens (tertiary/aromatic N) is 1. The van der Waals surface area contributed by atoms with Crippen LogP contribution in [-0.2, 0) is 24.0 Å². The minimum Gasteiger partial charge on any atom is -0.480 e. The SMILES string of the molecule is CCC[C@H](NC(=O)[C@H](C)NC(=O)CO/N=C1/C=C2CC[C@H]3[C@@H](CC[C@@]4(C)[C@H]3CC[C@]4(O)C(C)=O)[C@@]2(C)CC1)C(=O)O. The molecule has 10 nitrogen and oxygen atoms in total. The highest BCUT2D eigenvalue weighted by Crippen LogP contribution is 2.67. The predicted octanol–water partition coefficient (Wildman–Crippen LogP) is 3.52. The number of amides is 2. The largest absolute Gasteiger partial charge is 0.480 e. The van der Waals surface area contributed by atoms with Crippen molar-refractivity contribution in [3.8, 4) is 0 Å². The maximum absolute atomic E-state index is 12.5. The zero-order chi connectivity index (χ0) is 30.2. The molecule has 0 aromatic carbocycles. The highest BCUT2D eigenvalue weighted by atomic mass is 16.6. The van der Waals surface area contributed by atoms with Gasteiger partial charge in [0, 0.05) is 5.41 Å². The minimum atomic E-state index is -1.20. The Hall–Kier alpha value is -2.75. The van der Waals surface area contributed by atoms with Crippen LogP contribution >= 0.6 is 0 Å². The Kier molecular flexibility index (Phi) is 9.02. The number of aliphatic carboxylic acids is 1. The summed E-state index contributed by atoms with van der Waals surface area (Å²) in [5, 5.41) is 29.8. The Balaban J connectivity index is 1.33. The zero-order valence-electron chi connectivity index (χ0n) is 25.1. The summed E-state index contributed by atoms with van der Waals surface area (Å²) in [7, 11) is 0. The van der Waals surface area contributed by atoms with Gasteiger partial charge in [-0.3, -0.25) is 14.4 Å². The highest BCUT2D eigenvalue weighted by Gasteiger charge is 2.65. The van der Waals surface area contributed by atoms with Crippen LogP contribution in [0.25, 0.3) is 0 Å². The molecule has 8 atom stereocenters. The summed E-state index contributed by atoms with van der Waals surface area (Å²) in [5.74, 6) is -0.915. The molecule has 0 spiro atoms. The predicted molar refractivity (Wildman–Crippen MR) is 153 cm³/mol. The summed E-state index contributed by atoms with van der Waals surface area (Å²) in [6.07, 6.45) is 10.0. The summed E-state index contributed by atoms with van der Waals surface area (Å²) >= 11 is 0. The average molecular weight is 574 g/mol. The molecule has 0 radical (unpaired) electrons. The van der Waals surface area contributed by atoms with Crippen molar-refractivity contribution in [2.75, 3.05) is 6.61 Å². The molecule has 4 aliphatic carbocycles. The normalized spacial score (nSPS) is 36.6. The number of nitrogens with one attached hydrogen (secondary N) is 2. The van der Waals surface area contributed by atoms with E-state index in [9.17, 15) is 29.4 Å². The second kappa shape index (κ2) is 11.9. The summed E-state index contributed by atoms with van der Waals surface area (Å²) in [4.78, 5) is 53.7. The first-order chi connectivity index (χ1) is 19.3. The summed E-state index contributed by atoms with van der Waals surface area (Å²) < 4.78 is 0. The van der Waals surface area contributed by atoms with Crippen LogP contribution in [0, 0.1) is 28.6 Å². The van der Waals surface area contributed by atoms with Gasteiger partial charge in [0.15, 0.2) is 12.4 Å². The molecule has 3 saturated carbocycles. The lowest BCUT2D eigenvalue weighted by Crippen LogP contribution is -2.57. The van der Waals surface area contributed by atoms with Crippen molar-refractivity contribution in [2.45, 2.75) is 117 Å². The van der Waals surface area contributed by atoms with Gasteiger partial charge in [0.05, 0.1) is 5.71 Å². The van der Waals surface area contributed by atoms with Crippen molar-refractivity contribution in [1.29, 1.82) is 0 Å². The Morgan fingerprint density at radius 3 is 2.44 bits per heavy atom. The number of carboxylic acid groups (broad SMARTS) is 1. The fourth-order valence-corrected chi connectivity index (χ4v) is 8.60. The molecule has 3 fully saturated rings. The monoisotopic (exact) mass is 573 g/mol. The van der Waals surface area contributed by atoms with Gasteiger partial charge in [0.25, 0.3) is 5.91 Å². The lowest BCUT2D eigenvalue weighted by Gasteiger charge is -2.59. The molecule has 4 N–H and O–H groups in total. The standard InChI is InChI=1S/C31H47N3O7/c1-6-7-25(28(38)39)33-27(37)18(2)32-26(36)17-41-34-21-10-13-29(4)20(16-21)8-9-22-23(29)11-14-30(5)24(22)12-15-31(30,40)19(3)35/h16,18,22-25,40H,6-15,17H2,1-5H3,(H,32,36)(H,33,37)(H,38,39)/b34-21+/t18-,22-,23+,24-,25-,29-,30-,31-/m0/s1. The molecule has 4 rings (SSSR count).